The highest BCUT2D eigenvalue weighted by Gasteiger charge is 2.13. The van der Waals surface area contributed by atoms with Gasteiger partial charge in [0.2, 0.25) is 0 Å². The quantitative estimate of drug-likeness (QED) is 0.505. The lowest BCUT2D eigenvalue weighted by molar-refractivity contribution is 0.0940. The zero-order chi connectivity index (χ0) is 19.3. The number of aromatic nitrogens is 2. The minimum absolute atomic E-state index is 0.00759. The Morgan fingerprint density at radius 2 is 2.04 bits per heavy atom. The van der Waals surface area contributed by atoms with Gasteiger partial charge >= 0.3 is 0 Å². The van der Waals surface area contributed by atoms with Crippen molar-refractivity contribution in [3.8, 4) is 5.75 Å². The third-order valence-corrected chi connectivity index (χ3v) is 5.38. The van der Waals surface area contributed by atoms with Crippen LogP contribution in [-0.4, -0.2) is 21.7 Å². The molecule has 0 aliphatic rings. The molecule has 0 bridgehead atoms. The average Bonchev–Trinajstić information content (AvgIpc) is 3.38. The lowest BCUT2D eigenvalue weighted by atomic mass is 10.1. The highest BCUT2D eigenvalue weighted by atomic mass is 32.1. The second kappa shape index (κ2) is 8.27. The van der Waals surface area contributed by atoms with Gasteiger partial charge in [0.15, 0.2) is 0 Å². The largest absolute Gasteiger partial charge is 0.489 e. The van der Waals surface area contributed by atoms with Crippen molar-refractivity contribution in [3.63, 3.8) is 0 Å². The van der Waals surface area contributed by atoms with Crippen LogP contribution in [0.15, 0.2) is 72.4 Å². The molecule has 4 rings (SSSR count). The molecule has 4 aromatic rings. The predicted molar refractivity (Wildman–Crippen MR) is 112 cm³/mol. The van der Waals surface area contributed by atoms with Gasteiger partial charge in [-0.05, 0) is 47.3 Å². The molecular weight excluding hydrogens is 370 g/mol. The minimum atomic E-state index is -0.0680. The second-order valence-electron chi connectivity index (χ2n) is 6.72. The van der Waals surface area contributed by atoms with Gasteiger partial charge < -0.3 is 10.1 Å². The van der Waals surface area contributed by atoms with Gasteiger partial charge in [0.1, 0.15) is 12.4 Å². The first-order valence-corrected chi connectivity index (χ1v) is 10.0. The molecule has 0 spiro atoms. The molecule has 142 valence electrons. The summed E-state index contributed by atoms with van der Waals surface area (Å²) in [6, 6.07) is 18.0. The number of ether oxygens (including phenoxy) is 1. The number of hydrogen-bond acceptors (Lipinski definition) is 4. The van der Waals surface area contributed by atoms with Gasteiger partial charge in [-0.1, -0.05) is 30.3 Å². The van der Waals surface area contributed by atoms with Gasteiger partial charge in [0.25, 0.3) is 5.91 Å². The van der Waals surface area contributed by atoms with E-state index in [2.05, 4.69) is 28.6 Å². The third-order valence-electron chi connectivity index (χ3n) is 4.40. The maximum absolute atomic E-state index is 12.4. The van der Waals surface area contributed by atoms with Gasteiger partial charge in [-0.3, -0.25) is 9.48 Å². The van der Waals surface area contributed by atoms with Crippen LogP contribution in [-0.2, 0) is 13.2 Å². The number of carbonyl (C=O) groups excluding carboxylic acids is 1. The number of carbonyl (C=O) groups is 1. The summed E-state index contributed by atoms with van der Waals surface area (Å²) in [5, 5.41) is 11.5. The molecule has 1 unspecified atom stereocenters. The molecule has 0 saturated heterocycles. The van der Waals surface area contributed by atoms with Crippen molar-refractivity contribution < 1.29 is 9.53 Å². The van der Waals surface area contributed by atoms with E-state index in [4.69, 9.17) is 4.74 Å². The maximum Gasteiger partial charge on any atom is 0.261 e. The topological polar surface area (TPSA) is 56.2 Å². The molecule has 0 aliphatic carbocycles. The fraction of sp³-hybridized carbons (Fsp3) is 0.182. The summed E-state index contributed by atoms with van der Waals surface area (Å²) in [5.74, 6) is 0.755. The fourth-order valence-electron chi connectivity index (χ4n) is 3.02. The lowest BCUT2D eigenvalue weighted by Crippen LogP contribution is -2.35. The highest BCUT2D eigenvalue weighted by Crippen LogP contribution is 2.22. The standard InChI is InChI=1S/C22H21N3O2S/c1-16(13-25-10-4-9-23-25)24-22(26)21-11-17(15-28-21)14-27-20-8-7-18-5-2-3-6-19(18)12-20/h2-12,15-16H,13-14H2,1H3,(H,24,26). The first-order valence-electron chi connectivity index (χ1n) is 9.15. The summed E-state index contributed by atoms with van der Waals surface area (Å²) in [6.45, 7) is 3.05. The predicted octanol–water partition coefficient (Wildman–Crippen LogP) is 4.50. The van der Waals surface area contributed by atoms with Crippen LogP contribution in [0.5, 0.6) is 5.75 Å². The number of fused-ring (bicyclic) bond motifs is 1. The van der Waals surface area contributed by atoms with Crippen molar-refractivity contribution in [3.05, 3.63) is 82.8 Å². The van der Waals surface area contributed by atoms with Crippen LogP contribution in [0.2, 0.25) is 0 Å². The van der Waals surface area contributed by atoms with E-state index in [0.29, 0.717) is 18.0 Å². The van der Waals surface area contributed by atoms with Crippen molar-refractivity contribution in [2.24, 2.45) is 0 Å². The molecule has 6 heteroatoms. The van der Waals surface area contributed by atoms with Gasteiger partial charge in [-0.2, -0.15) is 5.10 Å². The number of thiophene rings is 1. The van der Waals surface area contributed by atoms with Gasteiger partial charge in [0.05, 0.1) is 11.4 Å². The Hall–Kier alpha value is -3.12. The molecule has 28 heavy (non-hydrogen) atoms. The maximum atomic E-state index is 12.4. The third kappa shape index (κ3) is 4.40. The molecule has 2 aromatic heterocycles. The summed E-state index contributed by atoms with van der Waals surface area (Å²) in [6.07, 6.45) is 3.62. The minimum Gasteiger partial charge on any atom is -0.489 e. The molecule has 5 nitrogen and oxygen atoms in total. The lowest BCUT2D eigenvalue weighted by Gasteiger charge is -2.13. The van der Waals surface area contributed by atoms with E-state index < -0.39 is 0 Å². The molecule has 1 atom stereocenters. The smallest absolute Gasteiger partial charge is 0.261 e. The number of benzene rings is 2. The number of hydrogen-bond donors (Lipinski definition) is 1. The molecule has 2 heterocycles. The molecule has 1 amide bonds. The Kier molecular flexibility index (Phi) is 5.39. The Labute approximate surface area is 167 Å². The van der Waals surface area contributed by atoms with Gasteiger partial charge in [0, 0.05) is 24.0 Å². The first kappa shape index (κ1) is 18.3. The monoisotopic (exact) mass is 391 g/mol. The van der Waals surface area contributed by atoms with Crippen molar-refractivity contribution in [1.82, 2.24) is 15.1 Å². The Morgan fingerprint density at radius 3 is 2.86 bits per heavy atom. The zero-order valence-electron chi connectivity index (χ0n) is 15.5. The number of amides is 1. The van der Waals surface area contributed by atoms with Crippen LogP contribution in [0.4, 0.5) is 0 Å². The van der Waals surface area contributed by atoms with Crippen LogP contribution >= 0.6 is 11.3 Å². The van der Waals surface area contributed by atoms with Crippen LogP contribution in [0.3, 0.4) is 0 Å². The van der Waals surface area contributed by atoms with Crippen LogP contribution in [0.1, 0.15) is 22.2 Å². The highest BCUT2D eigenvalue weighted by molar-refractivity contribution is 7.12. The molecule has 0 fully saturated rings. The van der Waals surface area contributed by atoms with Crippen molar-refractivity contribution in [2.45, 2.75) is 26.1 Å². The van der Waals surface area contributed by atoms with Crippen LogP contribution in [0.25, 0.3) is 10.8 Å². The summed E-state index contributed by atoms with van der Waals surface area (Å²) in [7, 11) is 0. The van der Waals surface area contributed by atoms with Crippen molar-refractivity contribution in [2.75, 3.05) is 0 Å². The summed E-state index contributed by atoms with van der Waals surface area (Å²) < 4.78 is 7.72. The molecule has 1 N–H and O–H groups in total. The number of rotatable bonds is 7. The van der Waals surface area contributed by atoms with E-state index in [-0.39, 0.29) is 11.9 Å². The van der Waals surface area contributed by atoms with Crippen LogP contribution < -0.4 is 10.1 Å². The first-order chi connectivity index (χ1) is 13.7. The number of nitrogens with zero attached hydrogens (tertiary/aromatic N) is 2. The van der Waals surface area contributed by atoms with Gasteiger partial charge in [-0.15, -0.1) is 11.3 Å². The molecular formula is C22H21N3O2S. The summed E-state index contributed by atoms with van der Waals surface area (Å²) >= 11 is 1.43. The second-order valence-corrected chi connectivity index (χ2v) is 7.63. The SMILES string of the molecule is CC(Cn1cccn1)NC(=O)c1cc(COc2ccc3ccccc3c2)cs1. The Balaban J connectivity index is 1.33. The molecule has 0 aliphatic heterocycles. The fourth-order valence-corrected chi connectivity index (χ4v) is 3.82. The zero-order valence-corrected chi connectivity index (χ0v) is 16.4. The average molecular weight is 391 g/mol. The van der Waals surface area contributed by atoms with E-state index >= 15 is 0 Å². The van der Waals surface area contributed by atoms with E-state index in [9.17, 15) is 4.79 Å². The molecule has 0 radical (unpaired) electrons. The van der Waals surface area contributed by atoms with Crippen molar-refractivity contribution in [1.29, 1.82) is 0 Å². The van der Waals surface area contributed by atoms with E-state index in [1.807, 2.05) is 59.6 Å². The van der Waals surface area contributed by atoms with E-state index in [1.165, 1.54) is 16.7 Å². The van der Waals surface area contributed by atoms with E-state index in [1.54, 1.807) is 6.20 Å². The normalized spacial score (nSPS) is 12.0. The molecule has 2 aromatic carbocycles. The van der Waals surface area contributed by atoms with E-state index in [0.717, 1.165) is 16.7 Å². The Morgan fingerprint density at radius 1 is 1.18 bits per heavy atom. The molecule has 0 saturated carbocycles. The van der Waals surface area contributed by atoms with Gasteiger partial charge in [-0.25, -0.2) is 0 Å². The summed E-state index contributed by atoms with van der Waals surface area (Å²) in [4.78, 5) is 13.1. The van der Waals surface area contributed by atoms with Crippen LogP contribution in [0, 0.1) is 0 Å². The van der Waals surface area contributed by atoms with Crippen molar-refractivity contribution >= 4 is 28.0 Å². The number of nitrogens with one attached hydrogen (secondary N) is 1. The summed E-state index contributed by atoms with van der Waals surface area (Å²) in [5.41, 5.74) is 0.989. The Bertz CT molecular complexity index is 1070.